The number of aliphatic hydroxyl groups is 4. The summed E-state index contributed by atoms with van der Waals surface area (Å²) in [5.41, 5.74) is -0.715. The van der Waals surface area contributed by atoms with Crippen LogP contribution in [0, 0.1) is 0 Å². The third-order valence-electron chi connectivity index (χ3n) is 5.16. The van der Waals surface area contributed by atoms with Crippen LogP contribution in [0.2, 0.25) is 0 Å². The summed E-state index contributed by atoms with van der Waals surface area (Å²) in [4.78, 5) is 13.0. The number of benzene rings is 2. The van der Waals surface area contributed by atoms with Crippen molar-refractivity contribution >= 4 is 21.9 Å². The molecule has 4 rings (SSSR count). The maximum Gasteiger partial charge on any atom is 0.229 e. The van der Waals surface area contributed by atoms with E-state index >= 15 is 0 Å². The average molecular weight is 436 g/mol. The van der Waals surface area contributed by atoms with Crippen molar-refractivity contribution in [2.75, 3.05) is 13.7 Å². The first kappa shape index (κ1) is 21.2. The van der Waals surface area contributed by atoms with Crippen LogP contribution in [0.1, 0.15) is 0 Å². The first-order chi connectivity index (χ1) is 14.8. The van der Waals surface area contributed by atoms with Gasteiger partial charge in [0.2, 0.25) is 11.7 Å². The Balaban J connectivity index is 1.79. The Kier molecular flexibility index (Phi) is 5.37. The monoisotopic (exact) mass is 436 g/mol. The zero-order valence-electron chi connectivity index (χ0n) is 16.1. The molecule has 6 N–H and O–H groups in total. The smallest absolute Gasteiger partial charge is 0.229 e. The van der Waals surface area contributed by atoms with Gasteiger partial charge < -0.3 is 49.3 Å². The summed E-state index contributed by atoms with van der Waals surface area (Å²) in [7, 11) is 1.38. The van der Waals surface area contributed by atoms with Crippen LogP contribution in [-0.2, 0) is 4.74 Å². The van der Waals surface area contributed by atoms with Gasteiger partial charge in [-0.3, -0.25) is 4.79 Å². The Bertz CT molecular complexity index is 1190. The van der Waals surface area contributed by atoms with Crippen molar-refractivity contribution in [2.24, 2.45) is 0 Å². The molecule has 1 saturated heterocycles. The molecule has 0 bridgehead atoms. The van der Waals surface area contributed by atoms with Crippen LogP contribution in [0.5, 0.6) is 23.0 Å². The van der Waals surface area contributed by atoms with E-state index in [1.807, 2.05) is 0 Å². The first-order valence-electron chi connectivity index (χ1n) is 9.23. The van der Waals surface area contributed by atoms with E-state index in [0.29, 0.717) is 0 Å². The fourth-order valence-corrected chi connectivity index (χ4v) is 3.49. The Labute approximate surface area is 173 Å². The maximum absolute atomic E-state index is 13.0. The van der Waals surface area contributed by atoms with Gasteiger partial charge in [0.25, 0.3) is 0 Å². The molecule has 0 aliphatic carbocycles. The van der Waals surface area contributed by atoms with E-state index in [9.17, 15) is 35.4 Å². The fourth-order valence-electron chi connectivity index (χ4n) is 3.49. The number of phenols is 2. The highest BCUT2D eigenvalue weighted by molar-refractivity contribution is 5.97. The molecule has 1 aliphatic heterocycles. The lowest BCUT2D eigenvalue weighted by atomic mass is 9.99. The zero-order valence-corrected chi connectivity index (χ0v) is 16.1. The van der Waals surface area contributed by atoms with Gasteiger partial charge in [-0.2, -0.15) is 0 Å². The van der Waals surface area contributed by atoms with E-state index in [-0.39, 0.29) is 33.4 Å². The molecule has 0 unspecified atom stereocenters. The maximum atomic E-state index is 13.0. The molecule has 0 amide bonds. The van der Waals surface area contributed by atoms with Gasteiger partial charge in [0.15, 0.2) is 11.5 Å². The van der Waals surface area contributed by atoms with Crippen LogP contribution in [-0.4, -0.2) is 75.1 Å². The molecular formula is C20H20O11. The second kappa shape index (κ2) is 7.87. The quantitative estimate of drug-likeness (QED) is 0.292. The van der Waals surface area contributed by atoms with Gasteiger partial charge in [0.1, 0.15) is 57.9 Å². The van der Waals surface area contributed by atoms with E-state index in [1.54, 1.807) is 0 Å². The van der Waals surface area contributed by atoms with E-state index in [4.69, 9.17) is 18.6 Å². The van der Waals surface area contributed by atoms with Crippen LogP contribution in [0.3, 0.4) is 0 Å². The van der Waals surface area contributed by atoms with E-state index in [1.165, 1.54) is 31.4 Å². The van der Waals surface area contributed by atoms with E-state index in [2.05, 4.69) is 0 Å². The van der Waals surface area contributed by atoms with Crippen molar-refractivity contribution < 1.29 is 49.3 Å². The Morgan fingerprint density at radius 2 is 1.74 bits per heavy atom. The Morgan fingerprint density at radius 3 is 2.42 bits per heavy atom. The summed E-state index contributed by atoms with van der Waals surface area (Å²) < 4.78 is 21.3. The van der Waals surface area contributed by atoms with Crippen molar-refractivity contribution in [2.45, 2.75) is 30.7 Å². The number of phenolic OH excluding ortho intramolecular Hbond substituents is 2. The van der Waals surface area contributed by atoms with Crippen molar-refractivity contribution in [3.05, 3.63) is 34.5 Å². The second-order valence-corrected chi connectivity index (χ2v) is 7.05. The number of aromatic hydroxyl groups is 2. The highest BCUT2D eigenvalue weighted by Crippen LogP contribution is 2.38. The largest absolute Gasteiger partial charge is 0.507 e. The molecule has 0 saturated carbocycles. The van der Waals surface area contributed by atoms with Gasteiger partial charge in [-0.05, 0) is 12.1 Å². The summed E-state index contributed by atoms with van der Waals surface area (Å²) >= 11 is 0. The first-order valence-corrected chi connectivity index (χ1v) is 9.23. The number of ether oxygens (including phenoxy) is 3. The minimum Gasteiger partial charge on any atom is -0.507 e. The van der Waals surface area contributed by atoms with Crippen LogP contribution in [0.15, 0.2) is 33.5 Å². The standard InChI is InChI=1S/C20H20O11/c1-28-7-4-8(22)13-11(5-7)29-9-2-3-10(15(23)14(9)17(13)25)30-20-19(27)18(26)16(24)12(6-21)31-20/h2-5,12,16,18-24,26-27H,6H2,1H3/t12-,16-,18-,19-,20-/m0/s1. The Hall–Kier alpha value is -3.09. The fraction of sp³-hybridized carbons (Fsp3) is 0.350. The number of methoxy groups -OCH3 is 1. The lowest BCUT2D eigenvalue weighted by Gasteiger charge is -2.39. The minimum absolute atomic E-state index is 0.0104. The topological polar surface area (TPSA) is 179 Å². The van der Waals surface area contributed by atoms with Gasteiger partial charge in [-0.25, -0.2) is 0 Å². The number of fused-ring (bicyclic) bond motifs is 2. The molecule has 5 atom stereocenters. The summed E-state index contributed by atoms with van der Waals surface area (Å²) in [6, 6.07) is 5.20. The van der Waals surface area contributed by atoms with Crippen LogP contribution >= 0.6 is 0 Å². The molecule has 0 radical (unpaired) electrons. The lowest BCUT2D eigenvalue weighted by molar-refractivity contribution is -0.277. The molecule has 11 nitrogen and oxygen atoms in total. The van der Waals surface area contributed by atoms with Crippen molar-refractivity contribution in [3.63, 3.8) is 0 Å². The van der Waals surface area contributed by atoms with E-state index in [0.717, 1.165) is 0 Å². The van der Waals surface area contributed by atoms with E-state index < -0.39 is 54.2 Å². The van der Waals surface area contributed by atoms with Crippen molar-refractivity contribution in [1.29, 1.82) is 0 Å². The molecule has 1 fully saturated rings. The van der Waals surface area contributed by atoms with Crippen LogP contribution < -0.4 is 14.9 Å². The van der Waals surface area contributed by atoms with Crippen molar-refractivity contribution in [1.82, 2.24) is 0 Å². The van der Waals surface area contributed by atoms with Gasteiger partial charge in [-0.15, -0.1) is 0 Å². The molecular weight excluding hydrogens is 416 g/mol. The second-order valence-electron chi connectivity index (χ2n) is 7.05. The minimum atomic E-state index is -1.71. The van der Waals surface area contributed by atoms with Gasteiger partial charge in [0, 0.05) is 12.1 Å². The summed E-state index contributed by atoms with van der Waals surface area (Å²) in [5, 5.41) is 59.5. The number of hydrogen-bond acceptors (Lipinski definition) is 11. The molecule has 11 heteroatoms. The third-order valence-corrected chi connectivity index (χ3v) is 5.16. The zero-order chi connectivity index (χ0) is 22.4. The molecule has 3 aromatic rings. The summed E-state index contributed by atoms with van der Waals surface area (Å²) in [6.45, 7) is -0.660. The highest BCUT2D eigenvalue weighted by Gasteiger charge is 2.45. The molecule has 0 spiro atoms. The number of hydrogen-bond donors (Lipinski definition) is 6. The molecule has 31 heavy (non-hydrogen) atoms. The van der Waals surface area contributed by atoms with Gasteiger partial charge in [0.05, 0.1) is 13.7 Å². The third kappa shape index (κ3) is 3.42. The van der Waals surface area contributed by atoms with Gasteiger partial charge in [-0.1, -0.05) is 0 Å². The normalized spacial score (nSPS) is 26.3. The number of rotatable bonds is 4. The highest BCUT2D eigenvalue weighted by atomic mass is 16.7. The molecule has 1 aliphatic rings. The summed E-state index contributed by atoms with van der Waals surface area (Å²) in [5.74, 6) is -1.10. The van der Waals surface area contributed by atoms with Crippen LogP contribution in [0.4, 0.5) is 0 Å². The molecule has 2 aromatic carbocycles. The average Bonchev–Trinajstić information content (AvgIpc) is 2.75. The lowest BCUT2D eigenvalue weighted by Crippen LogP contribution is -2.60. The molecule has 2 heterocycles. The molecule has 1 aromatic heterocycles. The number of aliphatic hydroxyl groups excluding tert-OH is 4. The summed E-state index contributed by atoms with van der Waals surface area (Å²) in [6.07, 6.45) is -7.75. The Morgan fingerprint density at radius 1 is 1.00 bits per heavy atom. The van der Waals surface area contributed by atoms with Crippen LogP contribution in [0.25, 0.3) is 21.9 Å². The SMILES string of the molecule is COc1cc(O)c2c(=O)c3c(O)c(O[C@H]4O[C@@H](CO)[C@H](O)[C@H](O)[C@@H]4O)ccc3oc2c1. The predicted octanol–water partition coefficient (Wildman–Crippen LogP) is -0.455. The molecule has 166 valence electrons. The van der Waals surface area contributed by atoms with Crippen molar-refractivity contribution in [3.8, 4) is 23.0 Å². The predicted molar refractivity (Wildman–Crippen MR) is 104 cm³/mol. The van der Waals surface area contributed by atoms with Gasteiger partial charge >= 0.3 is 0 Å².